The van der Waals surface area contributed by atoms with Crippen LogP contribution in [-0.4, -0.2) is 103 Å². The molecular formula is C35H40F3N9O5. The van der Waals surface area contributed by atoms with Crippen molar-refractivity contribution < 1.29 is 37.5 Å². The minimum Gasteiger partial charge on any atom is -0.483 e. The molecule has 4 aromatic rings. The second-order valence-corrected chi connectivity index (χ2v) is 12.4. The van der Waals surface area contributed by atoms with Gasteiger partial charge in [0.2, 0.25) is 5.91 Å². The quantitative estimate of drug-likeness (QED) is 0.231. The normalized spacial score (nSPS) is 15.1. The molecule has 0 atom stereocenters. The topological polar surface area (TPSA) is 168 Å². The summed E-state index contributed by atoms with van der Waals surface area (Å²) in [5.41, 5.74) is 1.11. The van der Waals surface area contributed by atoms with Crippen LogP contribution in [0.3, 0.4) is 0 Å². The molecule has 0 unspecified atom stereocenters. The maximum absolute atomic E-state index is 14.0. The van der Waals surface area contributed by atoms with E-state index in [0.29, 0.717) is 49.4 Å². The van der Waals surface area contributed by atoms with E-state index < -0.39 is 17.8 Å². The van der Waals surface area contributed by atoms with Crippen molar-refractivity contribution >= 4 is 29.9 Å². The Morgan fingerprint density at radius 1 is 1.06 bits per heavy atom. The average molecular weight is 724 g/mol. The number of amides is 3. The fourth-order valence-corrected chi connectivity index (χ4v) is 6.44. The van der Waals surface area contributed by atoms with Crippen LogP contribution in [-0.2, 0) is 35.8 Å². The molecule has 3 N–H and O–H groups in total. The number of carbonyl (C=O) groups is 4. The van der Waals surface area contributed by atoms with E-state index in [1.54, 1.807) is 47.6 Å². The molecule has 0 bridgehead atoms. The fourth-order valence-electron chi connectivity index (χ4n) is 6.44. The van der Waals surface area contributed by atoms with Crippen molar-refractivity contribution in [1.82, 2.24) is 39.4 Å². The summed E-state index contributed by atoms with van der Waals surface area (Å²) in [5, 5.41) is 16.7. The van der Waals surface area contributed by atoms with Crippen molar-refractivity contribution in [3.05, 3.63) is 83.3 Å². The summed E-state index contributed by atoms with van der Waals surface area (Å²) < 4.78 is 44.6. The lowest BCUT2D eigenvalue weighted by atomic mass is 9.96. The highest BCUT2D eigenvalue weighted by Gasteiger charge is 2.39. The van der Waals surface area contributed by atoms with Gasteiger partial charge in [-0.05, 0) is 67.7 Å². The molecule has 0 spiro atoms. The number of rotatable bonds is 8. The first-order valence-electron chi connectivity index (χ1n) is 16.8. The predicted octanol–water partition coefficient (Wildman–Crippen LogP) is 3.55. The Morgan fingerprint density at radius 3 is 2.38 bits per heavy atom. The number of hydrogen-bond donors (Lipinski definition) is 3. The van der Waals surface area contributed by atoms with Crippen LogP contribution in [0.15, 0.2) is 55.1 Å². The standard InChI is InChI=1S/C34H38F3N9O3.CH2O2/c1-3-23-17-25(6-7-26(23)33(49)45-15-13-44(14-16-45)32(48)24-8-11-38-12-9-24)41-31(47)30-40-19-28(43(30)2)27-21-46(42-29(27)34(35,36)37)20-22-5-4-10-39-18-22;2-1-3/h4-7,10,17-19,21,24,38H,3,8-9,11-16,20H2,1-2H3,(H,41,47);1H,(H,2,3). The third-order valence-electron chi connectivity index (χ3n) is 9.11. The molecule has 6 rings (SSSR count). The summed E-state index contributed by atoms with van der Waals surface area (Å²) in [7, 11) is 1.47. The van der Waals surface area contributed by atoms with Crippen LogP contribution in [0.25, 0.3) is 11.3 Å². The molecule has 17 heteroatoms. The number of pyridine rings is 1. The molecule has 276 valence electrons. The summed E-state index contributed by atoms with van der Waals surface area (Å²) in [4.78, 5) is 59.9. The van der Waals surface area contributed by atoms with Crippen molar-refractivity contribution in [3.63, 3.8) is 0 Å². The van der Waals surface area contributed by atoms with E-state index in [1.165, 1.54) is 28.7 Å². The molecule has 5 heterocycles. The Balaban J connectivity index is 0.00000168. The number of anilines is 1. The number of carbonyl (C=O) groups excluding carboxylic acids is 3. The van der Waals surface area contributed by atoms with Crippen LogP contribution in [0.5, 0.6) is 0 Å². The molecule has 14 nitrogen and oxygen atoms in total. The number of aryl methyl sites for hydroxylation is 1. The first-order valence-corrected chi connectivity index (χ1v) is 16.8. The van der Waals surface area contributed by atoms with Crippen LogP contribution in [0.2, 0.25) is 0 Å². The molecular weight excluding hydrogens is 683 g/mol. The lowest BCUT2D eigenvalue weighted by molar-refractivity contribution is -0.141. The third-order valence-corrected chi connectivity index (χ3v) is 9.11. The van der Waals surface area contributed by atoms with E-state index in [1.807, 2.05) is 11.8 Å². The zero-order valence-electron chi connectivity index (χ0n) is 28.8. The molecule has 1 aromatic carbocycles. The average Bonchev–Trinajstić information content (AvgIpc) is 3.75. The van der Waals surface area contributed by atoms with Crippen molar-refractivity contribution in [2.24, 2.45) is 13.0 Å². The lowest BCUT2D eigenvalue weighted by Gasteiger charge is -2.37. The highest BCUT2D eigenvalue weighted by Crippen LogP contribution is 2.36. The van der Waals surface area contributed by atoms with Gasteiger partial charge in [-0.3, -0.25) is 28.8 Å². The van der Waals surface area contributed by atoms with Crippen molar-refractivity contribution in [1.29, 1.82) is 0 Å². The van der Waals surface area contributed by atoms with Gasteiger partial charge in [0.05, 0.1) is 24.0 Å². The zero-order valence-corrected chi connectivity index (χ0v) is 28.8. The van der Waals surface area contributed by atoms with Crippen LogP contribution in [0.4, 0.5) is 18.9 Å². The van der Waals surface area contributed by atoms with E-state index in [0.717, 1.165) is 31.5 Å². The number of benzene rings is 1. The van der Waals surface area contributed by atoms with Gasteiger partial charge in [-0.25, -0.2) is 4.98 Å². The highest BCUT2D eigenvalue weighted by atomic mass is 19.4. The van der Waals surface area contributed by atoms with E-state index >= 15 is 0 Å². The van der Waals surface area contributed by atoms with E-state index in [2.05, 4.69) is 25.7 Å². The Hall–Kier alpha value is -5.58. The Kier molecular flexibility index (Phi) is 12.0. The second-order valence-electron chi connectivity index (χ2n) is 12.4. The summed E-state index contributed by atoms with van der Waals surface area (Å²) in [6, 6.07) is 8.43. The van der Waals surface area contributed by atoms with E-state index in [4.69, 9.17) is 9.90 Å². The van der Waals surface area contributed by atoms with Crippen molar-refractivity contribution in [3.8, 4) is 11.3 Å². The Bertz CT molecular complexity index is 1880. The lowest BCUT2D eigenvalue weighted by Crippen LogP contribution is -2.52. The maximum atomic E-state index is 14.0. The number of aromatic nitrogens is 5. The fraction of sp³-hybridized carbons (Fsp3) is 0.400. The first-order chi connectivity index (χ1) is 24.9. The summed E-state index contributed by atoms with van der Waals surface area (Å²) in [5.74, 6) is -0.657. The molecule has 2 aliphatic heterocycles. The Morgan fingerprint density at radius 2 is 1.75 bits per heavy atom. The molecule has 52 heavy (non-hydrogen) atoms. The van der Waals surface area contributed by atoms with E-state index in [9.17, 15) is 27.6 Å². The van der Waals surface area contributed by atoms with Gasteiger partial charge in [0, 0.05) is 69.0 Å². The summed E-state index contributed by atoms with van der Waals surface area (Å²) in [6.07, 6.45) is 3.07. The van der Waals surface area contributed by atoms with Gasteiger partial charge in [-0.1, -0.05) is 13.0 Å². The summed E-state index contributed by atoms with van der Waals surface area (Å²) >= 11 is 0. The number of piperidine rings is 1. The van der Waals surface area contributed by atoms with Crippen LogP contribution in [0, 0.1) is 5.92 Å². The molecule has 2 aliphatic rings. The van der Waals surface area contributed by atoms with Gasteiger partial charge in [0.25, 0.3) is 18.3 Å². The number of nitrogens with zero attached hydrogens (tertiary/aromatic N) is 7. The molecule has 3 aromatic heterocycles. The maximum Gasteiger partial charge on any atom is 0.435 e. The van der Waals surface area contributed by atoms with E-state index in [-0.39, 0.29) is 47.8 Å². The zero-order chi connectivity index (χ0) is 37.4. The van der Waals surface area contributed by atoms with Gasteiger partial charge < -0.3 is 30.1 Å². The second kappa shape index (κ2) is 16.6. The van der Waals surface area contributed by atoms with Gasteiger partial charge in [0.15, 0.2) is 11.5 Å². The van der Waals surface area contributed by atoms with Crippen molar-refractivity contribution in [2.75, 3.05) is 44.6 Å². The Labute approximate surface area is 297 Å². The number of carboxylic acid groups (broad SMARTS) is 1. The van der Waals surface area contributed by atoms with Crippen molar-refractivity contribution in [2.45, 2.75) is 38.9 Å². The number of hydrogen-bond acceptors (Lipinski definition) is 8. The molecule has 2 saturated heterocycles. The number of halogens is 3. The SMILES string of the molecule is CCc1cc(NC(=O)c2ncc(-c3cn(Cc4cccnc4)nc3C(F)(F)F)n2C)ccc1C(=O)N1CCN(C(=O)C2CCNCC2)CC1.O=CO. The van der Waals surface area contributed by atoms with Gasteiger partial charge in [-0.2, -0.15) is 18.3 Å². The molecule has 3 amide bonds. The third kappa shape index (κ3) is 8.65. The highest BCUT2D eigenvalue weighted by molar-refractivity contribution is 6.03. The number of alkyl halides is 3. The van der Waals surface area contributed by atoms with Crippen LogP contribution < -0.4 is 10.6 Å². The van der Waals surface area contributed by atoms with Crippen LogP contribution >= 0.6 is 0 Å². The van der Waals surface area contributed by atoms with Crippen LogP contribution in [0.1, 0.15) is 57.6 Å². The largest absolute Gasteiger partial charge is 0.483 e. The first kappa shape index (κ1) is 37.7. The van der Waals surface area contributed by atoms with Gasteiger partial charge >= 0.3 is 6.18 Å². The minimum absolute atomic E-state index is 0.0366. The number of nitrogens with one attached hydrogen (secondary N) is 2. The molecule has 0 radical (unpaired) electrons. The van der Waals surface area contributed by atoms with Gasteiger partial charge in [0.1, 0.15) is 0 Å². The number of piperazine rings is 1. The molecule has 2 fully saturated rings. The number of imidazole rings is 1. The summed E-state index contributed by atoms with van der Waals surface area (Å²) in [6.45, 7) is 5.29. The minimum atomic E-state index is -4.74. The molecule has 0 aliphatic carbocycles. The smallest absolute Gasteiger partial charge is 0.435 e. The molecule has 0 saturated carbocycles. The predicted molar refractivity (Wildman–Crippen MR) is 183 cm³/mol. The monoisotopic (exact) mass is 723 g/mol. The van der Waals surface area contributed by atoms with Gasteiger partial charge in [-0.15, -0.1) is 0 Å².